The summed E-state index contributed by atoms with van der Waals surface area (Å²) in [5.41, 5.74) is 0.881. The van der Waals surface area contributed by atoms with E-state index in [9.17, 15) is 5.11 Å². The zero-order valence-electron chi connectivity index (χ0n) is 13.7. The summed E-state index contributed by atoms with van der Waals surface area (Å²) in [6, 6.07) is 10.3. The molecule has 23 heavy (non-hydrogen) atoms. The average molecular weight is 315 g/mol. The van der Waals surface area contributed by atoms with Gasteiger partial charge in [-0.3, -0.25) is 4.90 Å². The first-order chi connectivity index (χ1) is 11.3. The summed E-state index contributed by atoms with van der Waals surface area (Å²) < 4.78 is 5.38. The third kappa shape index (κ3) is 3.74. The Hall–Kier alpha value is -1.85. The summed E-state index contributed by atoms with van der Waals surface area (Å²) in [6.45, 7) is 3.08. The summed E-state index contributed by atoms with van der Waals surface area (Å²) in [6.07, 6.45) is 3.55. The monoisotopic (exact) mass is 315 g/mol. The number of nitrogens with zero attached hydrogens (tertiary/aromatic N) is 2. The number of pyridine rings is 1. The van der Waals surface area contributed by atoms with Crippen molar-refractivity contribution < 1.29 is 9.84 Å². The first-order valence-electron chi connectivity index (χ1n) is 8.34. The first-order valence-corrected chi connectivity index (χ1v) is 8.34. The van der Waals surface area contributed by atoms with E-state index in [2.05, 4.69) is 21.3 Å². The number of methoxy groups -OCH3 is 1. The predicted octanol–water partition coefficient (Wildman–Crippen LogP) is 2.50. The highest BCUT2D eigenvalue weighted by Gasteiger charge is 2.20. The summed E-state index contributed by atoms with van der Waals surface area (Å²) >= 11 is 0. The number of fused-ring (bicyclic) bond motifs is 1. The number of aromatic nitrogens is 1. The standard InChI is InChI=1S/C18H25N3O2/c1-23-16-7-4-5-14-8-9-17(20-18(14)16)19-10-12-21-11-3-2-6-15(21)13-22/h4-5,7-9,15,22H,2-3,6,10-13H2,1H3,(H,19,20). The number of aliphatic hydroxyl groups is 1. The Balaban J connectivity index is 1.63. The average Bonchev–Trinajstić information content (AvgIpc) is 2.61. The molecule has 0 saturated carbocycles. The third-order valence-electron chi connectivity index (χ3n) is 4.57. The van der Waals surface area contributed by atoms with Crippen LogP contribution in [-0.2, 0) is 0 Å². The largest absolute Gasteiger partial charge is 0.494 e. The Morgan fingerprint density at radius 1 is 1.30 bits per heavy atom. The number of likely N-dealkylation sites (tertiary alicyclic amines) is 1. The molecule has 0 spiro atoms. The summed E-state index contributed by atoms with van der Waals surface area (Å²) in [5.74, 6) is 1.65. The minimum Gasteiger partial charge on any atom is -0.494 e. The van der Waals surface area contributed by atoms with Crippen molar-refractivity contribution in [1.29, 1.82) is 0 Å². The minimum absolute atomic E-state index is 0.255. The maximum Gasteiger partial charge on any atom is 0.145 e. The van der Waals surface area contributed by atoms with E-state index in [-0.39, 0.29) is 6.61 Å². The van der Waals surface area contributed by atoms with Crippen LogP contribution in [0.4, 0.5) is 5.82 Å². The maximum absolute atomic E-state index is 9.47. The highest BCUT2D eigenvalue weighted by molar-refractivity contribution is 5.85. The van der Waals surface area contributed by atoms with Crippen LogP contribution < -0.4 is 10.1 Å². The molecule has 1 fully saturated rings. The van der Waals surface area contributed by atoms with Gasteiger partial charge in [-0.1, -0.05) is 18.6 Å². The molecule has 5 nitrogen and oxygen atoms in total. The van der Waals surface area contributed by atoms with E-state index < -0.39 is 0 Å². The number of piperidine rings is 1. The normalized spacial score (nSPS) is 19.0. The number of hydrogen-bond donors (Lipinski definition) is 2. The van der Waals surface area contributed by atoms with Crippen LogP contribution in [0.15, 0.2) is 30.3 Å². The summed E-state index contributed by atoms with van der Waals surface area (Å²) in [4.78, 5) is 7.04. The molecule has 1 aromatic heterocycles. The van der Waals surface area contributed by atoms with E-state index in [0.717, 1.165) is 48.5 Å². The molecule has 1 aromatic carbocycles. The van der Waals surface area contributed by atoms with Crippen molar-refractivity contribution >= 4 is 16.7 Å². The van der Waals surface area contributed by atoms with Gasteiger partial charge >= 0.3 is 0 Å². The molecule has 0 aliphatic carbocycles. The van der Waals surface area contributed by atoms with Crippen LogP contribution in [-0.4, -0.2) is 54.4 Å². The number of hydrogen-bond acceptors (Lipinski definition) is 5. The van der Waals surface area contributed by atoms with Crippen molar-refractivity contribution in [2.24, 2.45) is 0 Å². The first kappa shape index (κ1) is 16.0. The van der Waals surface area contributed by atoms with Crippen LogP contribution in [0.2, 0.25) is 0 Å². The van der Waals surface area contributed by atoms with Gasteiger partial charge in [-0.25, -0.2) is 4.98 Å². The number of nitrogens with one attached hydrogen (secondary N) is 1. The van der Waals surface area contributed by atoms with E-state index >= 15 is 0 Å². The number of anilines is 1. The molecule has 1 atom stereocenters. The van der Waals surface area contributed by atoms with Crippen LogP contribution in [0.1, 0.15) is 19.3 Å². The Kier molecular flexibility index (Phi) is 5.31. The smallest absolute Gasteiger partial charge is 0.145 e. The van der Waals surface area contributed by atoms with Gasteiger partial charge in [0.25, 0.3) is 0 Å². The predicted molar refractivity (Wildman–Crippen MR) is 93.1 cm³/mol. The van der Waals surface area contributed by atoms with Gasteiger partial charge in [0.05, 0.1) is 13.7 Å². The van der Waals surface area contributed by atoms with Gasteiger partial charge in [-0.15, -0.1) is 0 Å². The lowest BCUT2D eigenvalue weighted by Crippen LogP contribution is -2.44. The van der Waals surface area contributed by atoms with E-state index in [0.29, 0.717) is 6.04 Å². The van der Waals surface area contributed by atoms with Crippen LogP contribution in [0.3, 0.4) is 0 Å². The Morgan fingerprint density at radius 2 is 2.22 bits per heavy atom. The SMILES string of the molecule is COc1cccc2ccc(NCCN3CCCCC3CO)nc12. The van der Waals surface area contributed by atoms with Gasteiger partial charge in [0.15, 0.2) is 0 Å². The summed E-state index contributed by atoms with van der Waals surface area (Å²) in [5, 5.41) is 13.9. The van der Waals surface area contributed by atoms with E-state index in [1.165, 1.54) is 12.8 Å². The molecule has 2 heterocycles. The van der Waals surface area contributed by atoms with Crippen molar-refractivity contribution in [2.75, 3.05) is 38.7 Å². The fraction of sp³-hybridized carbons (Fsp3) is 0.500. The topological polar surface area (TPSA) is 57.6 Å². The molecule has 1 aliphatic heterocycles. The molecule has 0 bridgehead atoms. The summed E-state index contributed by atoms with van der Waals surface area (Å²) in [7, 11) is 1.67. The second kappa shape index (κ2) is 7.62. The molecule has 1 unspecified atom stereocenters. The van der Waals surface area contributed by atoms with Crippen molar-refractivity contribution in [3.05, 3.63) is 30.3 Å². The number of benzene rings is 1. The molecule has 5 heteroatoms. The van der Waals surface area contributed by atoms with Crippen molar-refractivity contribution in [1.82, 2.24) is 9.88 Å². The van der Waals surface area contributed by atoms with Gasteiger partial charge in [0.2, 0.25) is 0 Å². The molecule has 2 N–H and O–H groups in total. The van der Waals surface area contributed by atoms with Gasteiger partial charge < -0.3 is 15.2 Å². The Morgan fingerprint density at radius 3 is 3.04 bits per heavy atom. The zero-order valence-corrected chi connectivity index (χ0v) is 13.7. The molecule has 0 radical (unpaired) electrons. The molecule has 3 rings (SSSR count). The van der Waals surface area contributed by atoms with Gasteiger partial charge in [-0.2, -0.15) is 0 Å². The molecule has 1 aliphatic rings. The fourth-order valence-electron chi connectivity index (χ4n) is 3.27. The number of aliphatic hydroxyl groups excluding tert-OH is 1. The zero-order chi connectivity index (χ0) is 16.1. The number of ether oxygens (including phenoxy) is 1. The van der Waals surface area contributed by atoms with Gasteiger partial charge in [0, 0.05) is 24.5 Å². The lowest BCUT2D eigenvalue weighted by atomic mass is 10.0. The lowest BCUT2D eigenvalue weighted by Gasteiger charge is -2.34. The van der Waals surface area contributed by atoms with Gasteiger partial charge in [-0.05, 0) is 37.6 Å². The molecule has 2 aromatic rings. The van der Waals surface area contributed by atoms with Crippen LogP contribution in [0.25, 0.3) is 10.9 Å². The molecule has 124 valence electrons. The van der Waals surface area contributed by atoms with Crippen LogP contribution in [0.5, 0.6) is 5.75 Å². The second-order valence-corrected chi connectivity index (χ2v) is 6.02. The third-order valence-corrected chi connectivity index (χ3v) is 4.57. The van der Waals surface area contributed by atoms with E-state index in [1.807, 2.05) is 24.3 Å². The minimum atomic E-state index is 0.255. The van der Waals surface area contributed by atoms with Crippen molar-refractivity contribution in [3.8, 4) is 5.75 Å². The van der Waals surface area contributed by atoms with Crippen LogP contribution >= 0.6 is 0 Å². The van der Waals surface area contributed by atoms with Crippen molar-refractivity contribution in [3.63, 3.8) is 0 Å². The molecule has 0 amide bonds. The maximum atomic E-state index is 9.47. The molecule has 1 saturated heterocycles. The number of rotatable bonds is 6. The van der Waals surface area contributed by atoms with Crippen LogP contribution in [0, 0.1) is 0 Å². The highest BCUT2D eigenvalue weighted by atomic mass is 16.5. The number of para-hydroxylation sites is 1. The lowest BCUT2D eigenvalue weighted by molar-refractivity contribution is 0.0940. The van der Waals surface area contributed by atoms with E-state index in [1.54, 1.807) is 7.11 Å². The molecular weight excluding hydrogens is 290 g/mol. The van der Waals surface area contributed by atoms with Gasteiger partial charge in [0.1, 0.15) is 17.1 Å². The van der Waals surface area contributed by atoms with Crippen molar-refractivity contribution in [2.45, 2.75) is 25.3 Å². The second-order valence-electron chi connectivity index (χ2n) is 6.02. The Labute approximate surface area is 137 Å². The quantitative estimate of drug-likeness (QED) is 0.858. The molecular formula is C18H25N3O2. The Bertz CT molecular complexity index is 647. The highest BCUT2D eigenvalue weighted by Crippen LogP contribution is 2.24. The fourth-order valence-corrected chi connectivity index (χ4v) is 3.27. The van der Waals surface area contributed by atoms with E-state index in [4.69, 9.17) is 4.74 Å².